The summed E-state index contributed by atoms with van der Waals surface area (Å²) >= 11 is 0. The Bertz CT molecular complexity index is 1050. The highest BCUT2D eigenvalue weighted by atomic mass is 32.2. The maximum absolute atomic E-state index is 12.4. The van der Waals surface area contributed by atoms with E-state index < -0.39 is 15.9 Å². The minimum absolute atomic E-state index is 0.0555. The van der Waals surface area contributed by atoms with Gasteiger partial charge in [-0.3, -0.25) is 9.59 Å². The molecule has 0 fully saturated rings. The number of rotatable bonds is 9. The minimum Gasteiger partial charge on any atom is -0.486 e. The zero-order chi connectivity index (χ0) is 22.4. The van der Waals surface area contributed by atoms with Gasteiger partial charge in [-0.1, -0.05) is 5.16 Å². The van der Waals surface area contributed by atoms with E-state index in [9.17, 15) is 18.0 Å². The van der Waals surface area contributed by atoms with Crippen LogP contribution in [-0.4, -0.2) is 63.6 Å². The smallest absolute Gasteiger partial charge is 0.245 e. The van der Waals surface area contributed by atoms with Crippen LogP contribution in [0.4, 0.5) is 5.82 Å². The number of aryl methyl sites for hydroxylation is 1. The monoisotopic (exact) mass is 452 g/mol. The lowest BCUT2D eigenvalue weighted by molar-refractivity contribution is -0.133. The van der Waals surface area contributed by atoms with Gasteiger partial charge in [-0.2, -0.15) is 0 Å². The van der Waals surface area contributed by atoms with Crippen molar-refractivity contribution >= 4 is 27.7 Å². The van der Waals surface area contributed by atoms with Gasteiger partial charge >= 0.3 is 0 Å². The molecule has 2 amide bonds. The van der Waals surface area contributed by atoms with Crippen molar-refractivity contribution in [2.24, 2.45) is 0 Å². The topological polar surface area (TPSA) is 140 Å². The number of amides is 2. The van der Waals surface area contributed by atoms with E-state index in [2.05, 4.69) is 15.2 Å². The molecule has 0 atom stereocenters. The number of nitrogens with one attached hydrogen (secondary N) is 2. The summed E-state index contributed by atoms with van der Waals surface area (Å²) in [7, 11) is -2.26. The van der Waals surface area contributed by atoms with Crippen LogP contribution in [0.25, 0.3) is 0 Å². The Morgan fingerprint density at radius 1 is 1.16 bits per heavy atom. The van der Waals surface area contributed by atoms with E-state index in [1.165, 1.54) is 24.1 Å². The number of sulfonamides is 1. The molecule has 1 aromatic heterocycles. The molecule has 1 aliphatic heterocycles. The number of likely N-dealkylation sites (N-methyl/N-ethyl adjacent to an activating group) is 1. The van der Waals surface area contributed by atoms with Crippen molar-refractivity contribution < 1.29 is 32.0 Å². The molecule has 1 aromatic carbocycles. The SMILES string of the molecule is Cc1cc(NC(=O)CN(C)C(=O)CCCNS(=O)(=O)c2ccc3c(c2)OCCO3)no1. The van der Waals surface area contributed by atoms with Gasteiger partial charge in [0, 0.05) is 32.1 Å². The summed E-state index contributed by atoms with van der Waals surface area (Å²) in [5, 5.41) is 6.18. The lowest BCUT2D eigenvalue weighted by Crippen LogP contribution is -2.35. The molecule has 0 unspecified atom stereocenters. The molecule has 31 heavy (non-hydrogen) atoms. The molecule has 2 aromatic rings. The summed E-state index contributed by atoms with van der Waals surface area (Å²) < 4.78 is 43.0. The summed E-state index contributed by atoms with van der Waals surface area (Å²) in [5.74, 6) is 1.01. The number of ether oxygens (including phenoxy) is 2. The standard InChI is InChI=1S/C19H24N4O7S/c1-13-10-17(22-30-13)21-18(24)12-23(2)19(25)4-3-7-20-31(26,27)14-5-6-15-16(11-14)29-9-8-28-15/h5-6,10-11,20H,3-4,7-9,12H2,1-2H3,(H,21,22,24). The van der Waals surface area contributed by atoms with Crippen molar-refractivity contribution in [1.29, 1.82) is 0 Å². The first-order valence-electron chi connectivity index (χ1n) is 9.61. The molecular formula is C19H24N4O7S. The van der Waals surface area contributed by atoms with Crippen molar-refractivity contribution in [3.63, 3.8) is 0 Å². The van der Waals surface area contributed by atoms with Crippen LogP contribution in [0.5, 0.6) is 11.5 Å². The number of benzene rings is 1. The van der Waals surface area contributed by atoms with E-state index >= 15 is 0 Å². The summed E-state index contributed by atoms with van der Waals surface area (Å²) in [6.45, 7) is 2.38. The average molecular weight is 452 g/mol. The van der Waals surface area contributed by atoms with Crippen LogP contribution in [0, 0.1) is 6.92 Å². The Morgan fingerprint density at radius 2 is 1.90 bits per heavy atom. The zero-order valence-corrected chi connectivity index (χ0v) is 18.0. The van der Waals surface area contributed by atoms with E-state index in [4.69, 9.17) is 14.0 Å². The van der Waals surface area contributed by atoms with Gasteiger partial charge in [0.25, 0.3) is 0 Å². The van der Waals surface area contributed by atoms with Crippen LogP contribution < -0.4 is 19.5 Å². The van der Waals surface area contributed by atoms with Gasteiger partial charge in [0.05, 0.1) is 11.4 Å². The highest BCUT2D eigenvalue weighted by Gasteiger charge is 2.19. The number of fused-ring (bicyclic) bond motifs is 1. The molecule has 0 spiro atoms. The van der Waals surface area contributed by atoms with Gasteiger partial charge in [0.15, 0.2) is 17.3 Å². The predicted molar refractivity (Wildman–Crippen MR) is 109 cm³/mol. The predicted octanol–water partition coefficient (Wildman–Crippen LogP) is 0.910. The summed E-state index contributed by atoms with van der Waals surface area (Å²) in [6.07, 6.45) is 0.355. The van der Waals surface area contributed by atoms with Crippen molar-refractivity contribution in [3.05, 3.63) is 30.0 Å². The Balaban J connectivity index is 1.42. The summed E-state index contributed by atoms with van der Waals surface area (Å²) in [4.78, 5) is 25.5. The van der Waals surface area contributed by atoms with E-state index in [0.29, 0.717) is 30.5 Å². The number of aromatic nitrogens is 1. The van der Waals surface area contributed by atoms with Crippen molar-refractivity contribution in [2.45, 2.75) is 24.7 Å². The van der Waals surface area contributed by atoms with Gasteiger partial charge < -0.3 is 24.2 Å². The molecule has 0 radical (unpaired) electrons. The molecule has 168 valence electrons. The molecule has 2 N–H and O–H groups in total. The van der Waals surface area contributed by atoms with Gasteiger partial charge in [-0.25, -0.2) is 13.1 Å². The van der Waals surface area contributed by atoms with Gasteiger partial charge in [0.1, 0.15) is 19.0 Å². The van der Waals surface area contributed by atoms with E-state index in [0.717, 1.165) is 0 Å². The number of carbonyl (C=O) groups excluding carboxylic acids is 2. The van der Waals surface area contributed by atoms with Crippen molar-refractivity contribution in [2.75, 3.05) is 38.7 Å². The molecule has 1 aliphatic rings. The van der Waals surface area contributed by atoms with Gasteiger partial charge in [-0.05, 0) is 25.5 Å². The van der Waals surface area contributed by atoms with E-state index in [1.54, 1.807) is 19.1 Å². The molecule has 2 heterocycles. The number of nitrogens with zero attached hydrogens (tertiary/aromatic N) is 2. The molecule has 12 heteroatoms. The van der Waals surface area contributed by atoms with Crippen LogP contribution >= 0.6 is 0 Å². The Morgan fingerprint density at radius 3 is 2.61 bits per heavy atom. The third-order valence-corrected chi connectivity index (χ3v) is 5.84. The van der Waals surface area contributed by atoms with E-state index in [-0.39, 0.29) is 42.6 Å². The maximum Gasteiger partial charge on any atom is 0.245 e. The highest BCUT2D eigenvalue weighted by Crippen LogP contribution is 2.32. The molecule has 11 nitrogen and oxygen atoms in total. The van der Waals surface area contributed by atoms with Crippen LogP contribution in [0.15, 0.2) is 33.7 Å². The number of hydrogen-bond donors (Lipinski definition) is 2. The first kappa shape index (κ1) is 22.6. The first-order chi connectivity index (χ1) is 14.7. The van der Waals surface area contributed by atoms with Crippen LogP contribution in [-0.2, 0) is 19.6 Å². The van der Waals surface area contributed by atoms with E-state index in [1.807, 2.05) is 0 Å². The van der Waals surface area contributed by atoms with Gasteiger partial charge in [0.2, 0.25) is 21.8 Å². The third kappa shape index (κ3) is 6.18. The third-order valence-electron chi connectivity index (χ3n) is 4.39. The lowest BCUT2D eigenvalue weighted by Gasteiger charge is -2.19. The fraction of sp³-hybridized carbons (Fsp3) is 0.421. The quantitative estimate of drug-likeness (QED) is 0.535. The second-order valence-electron chi connectivity index (χ2n) is 6.93. The summed E-state index contributed by atoms with van der Waals surface area (Å²) in [5.41, 5.74) is 0. The van der Waals surface area contributed by atoms with Crippen LogP contribution in [0.3, 0.4) is 0 Å². The van der Waals surface area contributed by atoms with Crippen molar-refractivity contribution in [3.8, 4) is 11.5 Å². The zero-order valence-electron chi connectivity index (χ0n) is 17.2. The fourth-order valence-corrected chi connectivity index (χ4v) is 3.91. The second kappa shape index (κ2) is 9.79. The summed E-state index contributed by atoms with van der Waals surface area (Å²) in [6, 6.07) is 5.95. The lowest BCUT2D eigenvalue weighted by atomic mass is 10.3. The normalized spacial score (nSPS) is 13.0. The molecule has 0 bridgehead atoms. The number of anilines is 1. The highest BCUT2D eigenvalue weighted by molar-refractivity contribution is 7.89. The number of hydrogen-bond acceptors (Lipinski definition) is 8. The first-order valence-corrected chi connectivity index (χ1v) is 11.1. The Hall–Kier alpha value is -3.12. The Labute approximate surface area is 179 Å². The largest absolute Gasteiger partial charge is 0.486 e. The molecular weight excluding hydrogens is 428 g/mol. The second-order valence-corrected chi connectivity index (χ2v) is 8.69. The minimum atomic E-state index is -3.75. The Kier molecular flexibility index (Phi) is 7.13. The average Bonchev–Trinajstić information content (AvgIpc) is 3.14. The molecule has 3 rings (SSSR count). The van der Waals surface area contributed by atoms with Crippen LogP contribution in [0.1, 0.15) is 18.6 Å². The number of carbonyl (C=O) groups is 2. The fourth-order valence-electron chi connectivity index (χ4n) is 2.82. The van der Waals surface area contributed by atoms with Gasteiger partial charge in [-0.15, -0.1) is 0 Å². The molecule has 0 aliphatic carbocycles. The van der Waals surface area contributed by atoms with Crippen LogP contribution in [0.2, 0.25) is 0 Å². The van der Waals surface area contributed by atoms with Crippen molar-refractivity contribution in [1.82, 2.24) is 14.8 Å². The maximum atomic E-state index is 12.4. The molecule has 0 saturated heterocycles. The molecule has 0 saturated carbocycles.